The van der Waals surface area contributed by atoms with Crippen molar-refractivity contribution in [3.8, 4) is 0 Å². The van der Waals surface area contributed by atoms with Crippen LogP contribution in [-0.2, 0) is 0 Å². The van der Waals surface area contributed by atoms with Gasteiger partial charge in [0, 0.05) is 12.6 Å². The smallest absolute Gasteiger partial charge is 0.155 e. The summed E-state index contributed by atoms with van der Waals surface area (Å²) in [5.41, 5.74) is 2.10. The van der Waals surface area contributed by atoms with Crippen LogP contribution in [0.4, 0.5) is 5.82 Å². The van der Waals surface area contributed by atoms with Crippen molar-refractivity contribution in [3.05, 3.63) is 16.3 Å². The molecule has 0 aliphatic carbocycles. The zero-order valence-corrected chi connectivity index (χ0v) is 10.7. The van der Waals surface area contributed by atoms with Gasteiger partial charge in [0.05, 0.1) is 0 Å². The van der Waals surface area contributed by atoms with Crippen molar-refractivity contribution in [1.29, 1.82) is 0 Å². The molecule has 16 heavy (non-hydrogen) atoms. The van der Waals surface area contributed by atoms with Crippen LogP contribution in [0, 0.1) is 13.8 Å². The van der Waals surface area contributed by atoms with Crippen molar-refractivity contribution in [3.63, 3.8) is 0 Å². The number of hydrogen-bond donors (Lipinski definition) is 1. The van der Waals surface area contributed by atoms with Gasteiger partial charge in [0.2, 0.25) is 0 Å². The third kappa shape index (κ3) is 2.28. The fraction of sp³-hybridized carbons (Fsp3) is 0.636. The molecule has 0 amide bonds. The van der Waals surface area contributed by atoms with Crippen molar-refractivity contribution in [1.82, 2.24) is 15.1 Å². The Morgan fingerprint density at radius 2 is 2.06 bits per heavy atom. The van der Waals surface area contributed by atoms with Crippen molar-refractivity contribution in [2.24, 2.45) is 0 Å². The van der Waals surface area contributed by atoms with E-state index in [1.54, 1.807) is 0 Å². The maximum atomic E-state index is 5.92. The summed E-state index contributed by atoms with van der Waals surface area (Å²) < 4.78 is 0. The molecule has 1 aromatic heterocycles. The van der Waals surface area contributed by atoms with Gasteiger partial charge in [-0.2, -0.15) is 0 Å². The van der Waals surface area contributed by atoms with Crippen LogP contribution in [0.3, 0.4) is 0 Å². The van der Waals surface area contributed by atoms with Gasteiger partial charge in [-0.15, -0.1) is 10.2 Å². The normalized spacial score (nSPS) is 21.4. The second-order valence-electron chi connectivity index (χ2n) is 4.48. The van der Waals surface area contributed by atoms with Gasteiger partial charge in [0.1, 0.15) is 0 Å². The highest BCUT2D eigenvalue weighted by molar-refractivity contribution is 6.30. The highest BCUT2D eigenvalue weighted by Gasteiger charge is 2.20. The summed E-state index contributed by atoms with van der Waals surface area (Å²) in [4.78, 5) is 2.31. The fourth-order valence-electron chi connectivity index (χ4n) is 1.96. The summed E-state index contributed by atoms with van der Waals surface area (Å²) in [5.74, 6) is 0.863. The molecule has 4 nitrogen and oxygen atoms in total. The molecule has 1 saturated heterocycles. The Kier molecular flexibility index (Phi) is 3.30. The molecular formula is C11H17ClN4. The van der Waals surface area contributed by atoms with Gasteiger partial charge in [-0.05, 0) is 45.0 Å². The lowest BCUT2D eigenvalue weighted by Gasteiger charge is -2.15. The topological polar surface area (TPSA) is 41.1 Å². The molecule has 0 radical (unpaired) electrons. The Morgan fingerprint density at radius 3 is 2.69 bits per heavy atom. The largest absolute Gasteiger partial charge is 0.364 e. The molecule has 0 aromatic carbocycles. The fourth-order valence-corrected chi connectivity index (χ4v) is 2.14. The van der Waals surface area contributed by atoms with Crippen molar-refractivity contribution in [2.75, 3.05) is 25.5 Å². The SMILES string of the molecule is Cc1c(Cl)nnc(NC2CCN(C)C2)c1C. The standard InChI is InChI=1S/C11H17ClN4/c1-7-8(2)11(15-14-10(7)12)13-9-4-5-16(3)6-9/h9H,4-6H2,1-3H3,(H,13,15). The van der Waals surface area contributed by atoms with Crippen molar-refractivity contribution in [2.45, 2.75) is 26.3 Å². The molecule has 2 rings (SSSR count). The van der Waals surface area contributed by atoms with Crippen molar-refractivity contribution >= 4 is 17.4 Å². The second-order valence-corrected chi connectivity index (χ2v) is 4.84. The van der Waals surface area contributed by atoms with E-state index in [-0.39, 0.29) is 0 Å². The lowest BCUT2D eigenvalue weighted by Crippen LogP contribution is -2.24. The van der Waals surface area contributed by atoms with E-state index < -0.39 is 0 Å². The first-order chi connectivity index (χ1) is 7.58. The van der Waals surface area contributed by atoms with Crippen LogP contribution in [0.2, 0.25) is 5.15 Å². The monoisotopic (exact) mass is 240 g/mol. The van der Waals surface area contributed by atoms with E-state index >= 15 is 0 Å². The first-order valence-electron chi connectivity index (χ1n) is 5.52. The molecule has 1 N–H and O–H groups in total. The maximum Gasteiger partial charge on any atom is 0.155 e. The van der Waals surface area contributed by atoms with E-state index in [9.17, 15) is 0 Å². The third-order valence-electron chi connectivity index (χ3n) is 3.20. The van der Waals surface area contributed by atoms with Gasteiger partial charge >= 0.3 is 0 Å². The van der Waals surface area contributed by atoms with Crippen molar-refractivity contribution < 1.29 is 0 Å². The molecule has 1 aliphatic heterocycles. The van der Waals surface area contributed by atoms with Crippen LogP contribution >= 0.6 is 11.6 Å². The van der Waals surface area contributed by atoms with E-state index in [2.05, 4.69) is 27.5 Å². The number of halogens is 1. The van der Waals surface area contributed by atoms with Crippen LogP contribution in [-0.4, -0.2) is 41.3 Å². The van der Waals surface area contributed by atoms with E-state index in [1.165, 1.54) is 0 Å². The minimum atomic E-state index is 0.471. The molecule has 1 atom stereocenters. The molecule has 0 spiro atoms. The Morgan fingerprint density at radius 1 is 1.31 bits per heavy atom. The van der Waals surface area contributed by atoms with Crippen LogP contribution < -0.4 is 5.32 Å². The molecule has 0 saturated carbocycles. The summed E-state index contributed by atoms with van der Waals surface area (Å²) in [5, 5.41) is 12.0. The van der Waals surface area contributed by atoms with Gasteiger partial charge in [0.15, 0.2) is 11.0 Å². The molecule has 1 aliphatic rings. The number of aromatic nitrogens is 2. The number of anilines is 1. The number of nitrogens with zero attached hydrogens (tertiary/aromatic N) is 3. The molecular weight excluding hydrogens is 224 g/mol. The molecule has 88 valence electrons. The number of hydrogen-bond acceptors (Lipinski definition) is 4. The Hall–Kier alpha value is -0.870. The number of rotatable bonds is 2. The average molecular weight is 241 g/mol. The second kappa shape index (κ2) is 4.55. The number of nitrogens with one attached hydrogen (secondary N) is 1. The lowest BCUT2D eigenvalue weighted by molar-refractivity contribution is 0.414. The summed E-state index contributed by atoms with van der Waals surface area (Å²) in [7, 11) is 2.13. The van der Waals surface area contributed by atoms with Gasteiger partial charge in [0.25, 0.3) is 0 Å². The lowest BCUT2D eigenvalue weighted by atomic mass is 10.2. The number of likely N-dealkylation sites (N-methyl/N-ethyl adjacent to an activating group) is 1. The van der Waals surface area contributed by atoms with E-state index in [1.807, 2.05) is 13.8 Å². The highest BCUT2D eigenvalue weighted by Crippen LogP contribution is 2.22. The quantitative estimate of drug-likeness (QED) is 0.857. The molecule has 5 heteroatoms. The first kappa shape index (κ1) is 11.6. The van der Waals surface area contributed by atoms with Gasteiger partial charge in [-0.1, -0.05) is 11.6 Å². The molecule has 1 aromatic rings. The predicted molar refractivity (Wildman–Crippen MR) is 66.0 cm³/mol. The minimum absolute atomic E-state index is 0.471. The molecule has 1 fully saturated rings. The average Bonchev–Trinajstić information content (AvgIpc) is 2.65. The van der Waals surface area contributed by atoms with Crippen LogP contribution in [0.5, 0.6) is 0 Å². The summed E-state index contributed by atoms with van der Waals surface area (Å²) in [6.07, 6.45) is 1.15. The van der Waals surface area contributed by atoms with Gasteiger partial charge in [-0.25, -0.2) is 0 Å². The highest BCUT2D eigenvalue weighted by atomic mass is 35.5. The number of likely N-dealkylation sites (tertiary alicyclic amines) is 1. The van der Waals surface area contributed by atoms with E-state index in [0.29, 0.717) is 11.2 Å². The van der Waals surface area contributed by atoms with E-state index in [4.69, 9.17) is 11.6 Å². The van der Waals surface area contributed by atoms with Crippen LogP contribution in [0.25, 0.3) is 0 Å². The zero-order valence-electron chi connectivity index (χ0n) is 9.92. The Labute approximate surface area is 101 Å². The zero-order chi connectivity index (χ0) is 11.7. The summed E-state index contributed by atoms with van der Waals surface area (Å²) in [6.45, 7) is 6.19. The summed E-state index contributed by atoms with van der Waals surface area (Å²) >= 11 is 5.92. The maximum absolute atomic E-state index is 5.92. The van der Waals surface area contributed by atoms with E-state index in [0.717, 1.165) is 36.5 Å². The molecule has 2 heterocycles. The predicted octanol–water partition coefficient (Wildman–Crippen LogP) is 1.86. The molecule has 1 unspecified atom stereocenters. The van der Waals surface area contributed by atoms with Gasteiger partial charge < -0.3 is 10.2 Å². The Balaban J connectivity index is 2.13. The summed E-state index contributed by atoms with van der Waals surface area (Å²) in [6, 6.07) is 0.471. The van der Waals surface area contributed by atoms with Crippen LogP contribution in [0.15, 0.2) is 0 Å². The first-order valence-corrected chi connectivity index (χ1v) is 5.90. The minimum Gasteiger partial charge on any atom is -0.364 e. The molecule has 0 bridgehead atoms. The third-order valence-corrected chi connectivity index (χ3v) is 3.56. The van der Waals surface area contributed by atoms with Crippen LogP contribution in [0.1, 0.15) is 17.5 Å². The Bertz CT molecular complexity index is 394. The van der Waals surface area contributed by atoms with Gasteiger partial charge in [-0.3, -0.25) is 0 Å².